The summed E-state index contributed by atoms with van der Waals surface area (Å²) in [4.78, 5) is 2.78. The van der Waals surface area contributed by atoms with Gasteiger partial charge in [-0.3, -0.25) is 4.90 Å². The van der Waals surface area contributed by atoms with Gasteiger partial charge in [0, 0.05) is 25.2 Å². The third kappa shape index (κ3) is 3.96. The van der Waals surface area contributed by atoms with E-state index in [9.17, 15) is 0 Å². The quantitative estimate of drug-likeness (QED) is 0.765. The Morgan fingerprint density at radius 2 is 1.82 bits per heavy atom. The number of rotatable bonds is 6. The Hall–Kier alpha value is -0.0800. The van der Waals surface area contributed by atoms with E-state index in [1.807, 2.05) is 0 Å². The van der Waals surface area contributed by atoms with E-state index in [-0.39, 0.29) is 0 Å². The first kappa shape index (κ1) is 13.4. The minimum atomic E-state index is 0.775. The summed E-state index contributed by atoms with van der Waals surface area (Å²) in [5, 5.41) is 3.55. The first-order valence-electron chi connectivity index (χ1n) is 7.62. The predicted molar refractivity (Wildman–Crippen MR) is 74.2 cm³/mol. The van der Waals surface area contributed by atoms with E-state index in [1.54, 1.807) is 0 Å². The normalized spacial score (nSPS) is 30.2. The summed E-state index contributed by atoms with van der Waals surface area (Å²) in [5.74, 6) is 1.71. The Bertz CT molecular complexity index is 223. The highest BCUT2D eigenvalue weighted by molar-refractivity contribution is 4.89. The maximum absolute atomic E-state index is 3.55. The summed E-state index contributed by atoms with van der Waals surface area (Å²) >= 11 is 0. The van der Waals surface area contributed by atoms with E-state index >= 15 is 0 Å². The lowest BCUT2D eigenvalue weighted by atomic mass is 9.84. The van der Waals surface area contributed by atoms with Gasteiger partial charge in [0.2, 0.25) is 0 Å². The molecule has 2 fully saturated rings. The molecule has 0 aromatic rings. The van der Waals surface area contributed by atoms with Crippen molar-refractivity contribution in [3.8, 4) is 0 Å². The van der Waals surface area contributed by atoms with Gasteiger partial charge in [0.25, 0.3) is 0 Å². The van der Waals surface area contributed by atoms with Crippen LogP contribution < -0.4 is 5.32 Å². The molecule has 2 heteroatoms. The Morgan fingerprint density at radius 1 is 1.12 bits per heavy atom. The SMILES string of the molecule is CNC1CCCCC1CN(CC(C)C)C1CC1. The van der Waals surface area contributed by atoms with Crippen LogP contribution in [0.25, 0.3) is 0 Å². The molecule has 0 bridgehead atoms. The fourth-order valence-electron chi connectivity index (χ4n) is 3.39. The highest BCUT2D eigenvalue weighted by Gasteiger charge is 2.33. The molecule has 2 aliphatic carbocycles. The molecule has 2 aliphatic rings. The second-order valence-corrected chi connectivity index (χ2v) is 6.52. The number of nitrogens with zero attached hydrogens (tertiary/aromatic N) is 1. The highest BCUT2D eigenvalue weighted by Crippen LogP contribution is 2.31. The largest absolute Gasteiger partial charge is 0.317 e. The molecular formula is C15H30N2. The molecule has 2 saturated carbocycles. The lowest BCUT2D eigenvalue weighted by Gasteiger charge is -2.36. The topological polar surface area (TPSA) is 15.3 Å². The van der Waals surface area contributed by atoms with Crippen LogP contribution in [-0.4, -0.2) is 37.1 Å². The Balaban J connectivity index is 1.86. The van der Waals surface area contributed by atoms with Crippen molar-refractivity contribution in [2.45, 2.75) is 64.5 Å². The summed E-state index contributed by atoms with van der Waals surface area (Å²) in [6.45, 7) is 7.35. The van der Waals surface area contributed by atoms with E-state index in [4.69, 9.17) is 0 Å². The maximum atomic E-state index is 3.55. The molecule has 0 aromatic carbocycles. The zero-order chi connectivity index (χ0) is 12.3. The fraction of sp³-hybridized carbons (Fsp3) is 1.00. The zero-order valence-electron chi connectivity index (χ0n) is 11.9. The lowest BCUT2D eigenvalue weighted by molar-refractivity contribution is 0.152. The lowest BCUT2D eigenvalue weighted by Crippen LogP contribution is -2.44. The summed E-state index contributed by atoms with van der Waals surface area (Å²) in [6, 6.07) is 1.70. The monoisotopic (exact) mass is 238 g/mol. The van der Waals surface area contributed by atoms with Gasteiger partial charge < -0.3 is 5.32 Å². The highest BCUT2D eigenvalue weighted by atomic mass is 15.2. The van der Waals surface area contributed by atoms with E-state index in [2.05, 4.69) is 31.1 Å². The standard InChI is InChI=1S/C15H30N2/c1-12(2)10-17(14-8-9-14)11-13-6-4-5-7-15(13)16-3/h12-16H,4-11H2,1-3H3. The van der Waals surface area contributed by atoms with Gasteiger partial charge in [0.1, 0.15) is 0 Å². The molecule has 17 heavy (non-hydrogen) atoms. The molecule has 0 radical (unpaired) electrons. The van der Waals surface area contributed by atoms with E-state index < -0.39 is 0 Å². The minimum absolute atomic E-state index is 0.775. The summed E-state index contributed by atoms with van der Waals surface area (Å²) in [5.41, 5.74) is 0. The van der Waals surface area contributed by atoms with Crippen LogP contribution in [0.3, 0.4) is 0 Å². The Kier molecular flexibility index (Phi) is 4.87. The van der Waals surface area contributed by atoms with E-state index in [0.29, 0.717) is 0 Å². The molecule has 0 aromatic heterocycles. The maximum Gasteiger partial charge on any atom is 0.0104 e. The summed E-state index contributed by atoms with van der Waals surface area (Å²) in [6.07, 6.45) is 8.60. The van der Waals surface area contributed by atoms with Crippen molar-refractivity contribution < 1.29 is 0 Å². The summed E-state index contributed by atoms with van der Waals surface area (Å²) < 4.78 is 0. The van der Waals surface area contributed by atoms with Crippen LogP contribution in [0.5, 0.6) is 0 Å². The van der Waals surface area contributed by atoms with Crippen molar-refractivity contribution in [3.05, 3.63) is 0 Å². The van der Waals surface area contributed by atoms with Gasteiger partial charge in [0.05, 0.1) is 0 Å². The van der Waals surface area contributed by atoms with Crippen molar-refractivity contribution in [2.24, 2.45) is 11.8 Å². The van der Waals surface area contributed by atoms with Crippen LogP contribution in [0.15, 0.2) is 0 Å². The van der Waals surface area contributed by atoms with Crippen molar-refractivity contribution in [3.63, 3.8) is 0 Å². The van der Waals surface area contributed by atoms with Crippen LogP contribution in [0, 0.1) is 11.8 Å². The molecule has 2 atom stereocenters. The average Bonchev–Trinajstić information content (AvgIpc) is 3.12. The number of hydrogen-bond acceptors (Lipinski definition) is 2. The van der Waals surface area contributed by atoms with Gasteiger partial charge in [0.15, 0.2) is 0 Å². The van der Waals surface area contributed by atoms with Crippen LogP contribution >= 0.6 is 0 Å². The fourth-order valence-corrected chi connectivity index (χ4v) is 3.39. The molecule has 2 nitrogen and oxygen atoms in total. The van der Waals surface area contributed by atoms with Crippen molar-refractivity contribution in [1.82, 2.24) is 10.2 Å². The van der Waals surface area contributed by atoms with Crippen LogP contribution in [0.2, 0.25) is 0 Å². The molecular weight excluding hydrogens is 208 g/mol. The third-order valence-corrected chi connectivity index (χ3v) is 4.41. The molecule has 100 valence electrons. The molecule has 0 amide bonds. The molecule has 0 saturated heterocycles. The molecule has 2 unspecified atom stereocenters. The molecule has 0 aliphatic heterocycles. The van der Waals surface area contributed by atoms with E-state index in [0.717, 1.165) is 23.9 Å². The van der Waals surface area contributed by atoms with Crippen molar-refractivity contribution in [2.75, 3.05) is 20.1 Å². The third-order valence-electron chi connectivity index (χ3n) is 4.41. The smallest absolute Gasteiger partial charge is 0.0104 e. The Morgan fingerprint density at radius 3 is 2.41 bits per heavy atom. The number of nitrogens with one attached hydrogen (secondary N) is 1. The minimum Gasteiger partial charge on any atom is -0.317 e. The first-order valence-corrected chi connectivity index (χ1v) is 7.62. The van der Waals surface area contributed by atoms with Gasteiger partial charge in [-0.25, -0.2) is 0 Å². The van der Waals surface area contributed by atoms with Gasteiger partial charge in [-0.15, -0.1) is 0 Å². The predicted octanol–water partition coefficient (Wildman–Crippen LogP) is 2.89. The Labute approximate surface area is 107 Å². The van der Waals surface area contributed by atoms with Gasteiger partial charge >= 0.3 is 0 Å². The van der Waals surface area contributed by atoms with Gasteiger partial charge in [-0.2, -0.15) is 0 Å². The molecule has 1 N–H and O–H groups in total. The molecule has 0 heterocycles. The second kappa shape index (κ2) is 6.19. The van der Waals surface area contributed by atoms with Crippen LogP contribution in [0.4, 0.5) is 0 Å². The molecule has 0 spiro atoms. The first-order chi connectivity index (χ1) is 8.20. The van der Waals surface area contributed by atoms with Crippen LogP contribution in [-0.2, 0) is 0 Å². The van der Waals surface area contributed by atoms with Crippen molar-refractivity contribution in [1.29, 1.82) is 0 Å². The molecule has 2 rings (SSSR count). The van der Waals surface area contributed by atoms with Gasteiger partial charge in [-0.05, 0) is 44.6 Å². The van der Waals surface area contributed by atoms with E-state index in [1.165, 1.54) is 51.6 Å². The van der Waals surface area contributed by atoms with Gasteiger partial charge in [-0.1, -0.05) is 26.7 Å². The number of hydrogen-bond donors (Lipinski definition) is 1. The van der Waals surface area contributed by atoms with Crippen molar-refractivity contribution >= 4 is 0 Å². The summed E-state index contributed by atoms with van der Waals surface area (Å²) in [7, 11) is 2.15. The average molecular weight is 238 g/mol. The zero-order valence-corrected chi connectivity index (χ0v) is 11.9. The van der Waals surface area contributed by atoms with Crippen LogP contribution in [0.1, 0.15) is 52.4 Å². The second-order valence-electron chi connectivity index (χ2n) is 6.52.